The second-order valence-electron chi connectivity index (χ2n) is 5.88. The minimum absolute atomic E-state index is 0.214. The molecule has 1 aliphatic heterocycles. The van der Waals surface area contributed by atoms with Gasteiger partial charge in [-0.1, -0.05) is 0 Å². The monoisotopic (exact) mass is 263 g/mol. The molecule has 0 aliphatic carbocycles. The van der Waals surface area contributed by atoms with Crippen LogP contribution in [0, 0.1) is 0 Å². The normalized spacial score (nSPS) is 17.3. The summed E-state index contributed by atoms with van der Waals surface area (Å²) in [6.45, 7) is 7.11. The Morgan fingerprint density at radius 2 is 2.05 bits per heavy atom. The number of carbonyl (C=O) groups excluding carboxylic acids is 1. The number of piperidine rings is 1. The van der Waals surface area contributed by atoms with Crippen molar-refractivity contribution in [1.82, 2.24) is 14.9 Å². The van der Waals surface area contributed by atoms with E-state index < -0.39 is 5.60 Å². The standard InChI is InChI=1S/C14H21N3O2/c1-14(2,3)19-13(18)17-8-5-11(6-9-17)12-4-7-15-10-16-12/h4,7,10-11H,5-6,8-9H2,1-3H3. The number of carbonyl (C=O) groups is 1. The topological polar surface area (TPSA) is 55.3 Å². The number of likely N-dealkylation sites (tertiary alicyclic amines) is 1. The zero-order valence-electron chi connectivity index (χ0n) is 11.8. The maximum absolute atomic E-state index is 11.9. The van der Waals surface area contributed by atoms with E-state index in [1.165, 1.54) is 0 Å². The Labute approximate surface area is 114 Å². The van der Waals surface area contributed by atoms with Crippen molar-refractivity contribution in [1.29, 1.82) is 0 Å². The molecule has 1 fully saturated rings. The fourth-order valence-corrected chi connectivity index (χ4v) is 2.23. The molecule has 0 unspecified atom stereocenters. The van der Waals surface area contributed by atoms with Crippen LogP contribution in [0.25, 0.3) is 0 Å². The van der Waals surface area contributed by atoms with Crippen LogP contribution >= 0.6 is 0 Å². The van der Waals surface area contributed by atoms with E-state index in [1.807, 2.05) is 26.8 Å². The molecule has 1 aromatic rings. The van der Waals surface area contributed by atoms with Crippen molar-refractivity contribution in [3.63, 3.8) is 0 Å². The van der Waals surface area contributed by atoms with Crippen molar-refractivity contribution in [2.24, 2.45) is 0 Å². The van der Waals surface area contributed by atoms with Gasteiger partial charge in [-0.05, 0) is 39.7 Å². The molecular weight excluding hydrogens is 242 g/mol. The second-order valence-corrected chi connectivity index (χ2v) is 5.88. The molecule has 1 aromatic heterocycles. The second kappa shape index (κ2) is 5.55. The SMILES string of the molecule is CC(C)(C)OC(=O)N1CCC(c2ccncn2)CC1. The molecule has 0 spiro atoms. The van der Waals surface area contributed by atoms with Crippen LogP contribution in [0.1, 0.15) is 45.2 Å². The van der Waals surface area contributed by atoms with Crippen LogP contribution in [0.3, 0.4) is 0 Å². The average Bonchev–Trinajstić information content (AvgIpc) is 2.38. The Bertz CT molecular complexity index is 420. The Hall–Kier alpha value is -1.65. The zero-order valence-corrected chi connectivity index (χ0v) is 11.8. The van der Waals surface area contributed by atoms with Gasteiger partial charge in [0, 0.05) is 30.9 Å². The highest BCUT2D eigenvalue weighted by Gasteiger charge is 2.27. The van der Waals surface area contributed by atoms with Crippen molar-refractivity contribution < 1.29 is 9.53 Å². The molecule has 0 N–H and O–H groups in total. The zero-order chi connectivity index (χ0) is 13.9. The third-order valence-corrected chi connectivity index (χ3v) is 3.17. The molecule has 2 heterocycles. The van der Waals surface area contributed by atoms with Gasteiger partial charge in [-0.2, -0.15) is 0 Å². The van der Waals surface area contributed by atoms with Gasteiger partial charge in [0.05, 0.1) is 0 Å². The lowest BCUT2D eigenvalue weighted by molar-refractivity contribution is 0.0204. The number of rotatable bonds is 1. The highest BCUT2D eigenvalue weighted by Crippen LogP contribution is 2.26. The summed E-state index contributed by atoms with van der Waals surface area (Å²) in [6.07, 6.45) is 4.98. The van der Waals surface area contributed by atoms with E-state index in [2.05, 4.69) is 9.97 Å². The lowest BCUT2D eigenvalue weighted by Gasteiger charge is -2.33. The molecule has 104 valence electrons. The third kappa shape index (κ3) is 3.91. The Kier molecular flexibility index (Phi) is 4.02. The number of hydrogen-bond acceptors (Lipinski definition) is 4. The van der Waals surface area contributed by atoms with Crippen LogP contribution in [0.4, 0.5) is 4.79 Å². The van der Waals surface area contributed by atoms with E-state index in [-0.39, 0.29) is 6.09 Å². The van der Waals surface area contributed by atoms with Gasteiger partial charge in [0.1, 0.15) is 11.9 Å². The highest BCUT2D eigenvalue weighted by atomic mass is 16.6. The van der Waals surface area contributed by atoms with Gasteiger partial charge in [-0.25, -0.2) is 14.8 Å². The Balaban J connectivity index is 1.88. The first-order valence-electron chi connectivity index (χ1n) is 6.69. The summed E-state index contributed by atoms with van der Waals surface area (Å²) in [6, 6.07) is 1.95. The summed E-state index contributed by atoms with van der Waals surface area (Å²) in [5, 5.41) is 0. The van der Waals surface area contributed by atoms with E-state index in [0.29, 0.717) is 5.92 Å². The molecule has 1 saturated heterocycles. The maximum Gasteiger partial charge on any atom is 0.410 e. The van der Waals surface area contributed by atoms with Crippen LogP contribution in [-0.2, 0) is 4.74 Å². The number of hydrogen-bond donors (Lipinski definition) is 0. The highest BCUT2D eigenvalue weighted by molar-refractivity contribution is 5.68. The van der Waals surface area contributed by atoms with Gasteiger partial charge in [0.15, 0.2) is 0 Å². The van der Waals surface area contributed by atoms with E-state index in [1.54, 1.807) is 17.4 Å². The summed E-state index contributed by atoms with van der Waals surface area (Å²) in [5.41, 5.74) is 0.638. The molecule has 0 bridgehead atoms. The Morgan fingerprint density at radius 1 is 1.37 bits per heavy atom. The van der Waals surface area contributed by atoms with Crippen molar-refractivity contribution in [2.45, 2.75) is 45.1 Å². The van der Waals surface area contributed by atoms with E-state index in [0.717, 1.165) is 31.6 Å². The van der Waals surface area contributed by atoms with Gasteiger partial charge in [0.25, 0.3) is 0 Å². The van der Waals surface area contributed by atoms with Crippen molar-refractivity contribution in [3.8, 4) is 0 Å². The van der Waals surface area contributed by atoms with E-state index in [9.17, 15) is 4.79 Å². The first kappa shape index (κ1) is 13.8. The molecular formula is C14H21N3O2. The minimum atomic E-state index is -0.430. The summed E-state index contributed by atoms with van der Waals surface area (Å²) < 4.78 is 5.38. The van der Waals surface area contributed by atoms with Crippen LogP contribution in [-0.4, -0.2) is 39.7 Å². The first-order valence-corrected chi connectivity index (χ1v) is 6.69. The summed E-state index contributed by atoms with van der Waals surface area (Å²) in [5.74, 6) is 0.418. The molecule has 2 rings (SSSR count). The predicted molar refractivity (Wildman–Crippen MR) is 71.8 cm³/mol. The maximum atomic E-state index is 11.9. The summed E-state index contributed by atoms with van der Waals surface area (Å²) in [4.78, 5) is 21.9. The van der Waals surface area contributed by atoms with Crippen LogP contribution in [0.2, 0.25) is 0 Å². The number of aromatic nitrogens is 2. The van der Waals surface area contributed by atoms with Gasteiger partial charge in [0.2, 0.25) is 0 Å². The summed E-state index contributed by atoms with van der Waals surface area (Å²) >= 11 is 0. The Morgan fingerprint density at radius 3 is 2.58 bits per heavy atom. The lowest BCUT2D eigenvalue weighted by atomic mass is 9.93. The molecule has 0 saturated carbocycles. The fourth-order valence-electron chi connectivity index (χ4n) is 2.23. The molecule has 5 heteroatoms. The third-order valence-electron chi connectivity index (χ3n) is 3.17. The smallest absolute Gasteiger partial charge is 0.410 e. The lowest BCUT2D eigenvalue weighted by Crippen LogP contribution is -2.41. The van der Waals surface area contributed by atoms with Crippen LogP contribution in [0.15, 0.2) is 18.6 Å². The number of ether oxygens (including phenoxy) is 1. The largest absolute Gasteiger partial charge is 0.444 e. The molecule has 1 aliphatic rings. The van der Waals surface area contributed by atoms with E-state index >= 15 is 0 Å². The molecule has 0 radical (unpaired) electrons. The molecule has 5 nitrogen and oxygen atoms in total. The molecule has 19 heavy (non-hydrogen) atoms. The van der Waals surface area contributed by atoms with Crippen molar-refractivity contribution >= 4 is 6.09 Å². The van der Waals surface area contributed by atoms with Crippen LogP contribution < -0.4 is 0 Å². The number of amides is 1. The first-order chi connectivity index (χ1) is 8.96. The molecule has 0 aromatic carbocycles. The predicted octanol–water partition coefficient (Wildman–Crippen LogP) is 2.59. The fraction of sp³-hybridized carbons (Fsp3) is 0.643. The summed E-state index contributed by atoms with van der Waals surface area (Å²) in [7, 11) is 0. The number of nitrogens with zero attached hydrogens (tertiary/aromatic N) is 3. The van der Waals surface area contributed by atoms with Gasteiger partial charge < -0.3 is 9.64 Å². The van der Waals surface area contributed by atoms with Gasteiger partial charge in [-0.3, -0.25) is 0 Å². The molecule has 0 atom stereocenters. The average molecular weight is 263 g/mol. The van der Waals surface area contributed by atoms with E-state index in [4.69, 9.17) is 4.74 Å². The van der Waals surface area contributed by atoms with Crippen LogP contribution in [0.5, 0.6) is 0 Å². The molecule has 1 amide bonds. The van der Waals surface area contributed by atoms with Crippen molar-refractivity contribution in [2.75, 3.05) is 13.1 Å². The van der Waals surface area contributed by atoms with Crippen molar-refractivity contribution in [3.05, 3.63) is 24.3 Å². The minimum Gasteiger partial charge on any atom is -0.444 e. The quantitative estimate of drug-likeness (QED) is 0.781. The van der Waals surface area contributed by atoms with Gasteiger partial charge in [-0.15, -0.1) is 0 Å². The van der Waals surface area contributed by atoms with Gasteiger partial charge >= 0.3 is 6.09 Å².